The third-order valence-corrected chi connectivity index (χ3v) is 2.77. The van der Waals surface area contributed by atoms with E-state index in [9.17, 15) is 4.79 Å². The maximum Gasteiger partial charge on any atom is 0.237 e. The molecule has 0 bridgehead atoms. The van der Waals surface area contributed by atoms with E-state index in [1.165, 1.54) is 0 Å². The molecule has 1 aromatic rings. The number of carbonyl (C=O) groups excluding carboxylic acids is 1. The van der Waals surface area contributed by atoms with E-state index in [4.69, 9.17) is 5.73 Å². The Morgan fingerprint density at radius 2 is 2.00 bits per heavy atom. The highest BCUT2D eigenvalue weighted by Crippen LogP contribution is 2.02. The number of carbonyl (C=O) groups is 1. The van der Waals surface area contributed by atoms with Crippen molar-refractivity contribution in [3.8, 4) is 0 Å². The first-order valence-electron chi connectivity index (χ1n) is 6.31. The lowest BCUT2D eigenvalue weighted by molar-refractivity contribution is -0.122. The van der Waals surface area contributed by atoms with Gasteiger partial charge in [0.2, 0.25) is 5.91 Å². The quantitative estimate of drug-likeness (QED) is 0.711. The summed E-state index contributed by atoms with van der Waals surface area (Å²) in [4.78, 5) is 11.7. The third-order valence-electron chi connectivity index (χ3n) is 2.77. The summed E-state index contributed by atoms with van der Waals surface area (Å²) in [7, 11) is 0. The van der Waals surface area contributed by atoms with Crippen molar-refractivity contribution in [2.75, 3.05) is 0 Å². The van der Waals surface area contributed by atoms with Crippen molar-refractivity contribution in [3.63, 3.8) is 0 Å². The summed E-state index contributed by atoms with van der Waals surface area (Å²) >= 11 is 0. The molecule has 0 aliphatic rings. The summed E-state index contributed by atoms with van der Waals surface area (Å²) < 4.78 is 0. The zero-order valence-electron chi connectivity index (χ0n) is 10.5. The second kappa shape index (κ2) is 7.85. The van der Waals surface area contributed by atoms with Gasteiger partial charge in [-0.05, 0) is 12.0 Å². The van der Waals surface area contributed by atoms with Gasteiger partial charge in [-0.15, -0.1) is 0 Å². The van der Waals surface area contributed by atoms with E-state index in [0.717, 1.165) is 31.2 Å². The molecular formula is C14H22N2O. The maximum absolute atomic E-state index is 11.7. The molecule has 0 aliphatic carbocycles. The molecule has 3 N–H and O–H groups in total. The Labute approximate surface area is 103 Å². The van der Waals surface area contributed by atoms with Crippen molar-refractivity contribution in [1.29, 1.82) is 0 Å². The number of rotatable bonds is 7. The average molecular weight is 234 g/mol. The largest absolute Gasteiger partial charge is 0.351 e. The second-order valence-corrected chi connectivity index (χ2v) is 4.31. The van der Waals surface area contributed by atoms with Gasteiger partial charge < -0.3 is 11.1 Å². The van der Waals surface area contributed by atoms with Gasteiger partial charge in [0.15, 0.2) is 0 Å². The van der Waals surface area contributed by atoms with E-state index in [2.05, 4.69) is 12.2 Å². The summed E-state index contributed by atoms with van der Waals surface area (Å²) in [6, 6.07) is 9.49. The van der Waals surface area contributed by atoms with Crippen LogP contribution < -0.4 is 11.1 Å². The smallest absolute Gasteiger partial charge is 0.237 e. The van der Waals surface area contributed by atoms with Gasteiger partial charge in [-0.2, -0.15) is 0 Å². The number of hydrogen-bond donors (Lipinski definition) is 2. The molecule has 0 heterocycles. The van der Waals surface area contributed by atoms with Crippen molar-refractivity contribution < 1.29 is 4.79 Å². The lowest BCUT2D eigenvalue weighted by Crippen LogP contribution is -2.40. The molecule has 3 nitrogen and oxygen atoms in total. The van der Waals surface area contributed by atoms with Crippen LogP contribution in [0.3, 0.4) is 0 Å². The van der Waals surface area contributed by atoms with Gasteiger partial charge in [0.05, 0.1) is 6.04 Å². The van der Waals surface area contributed by atoms with Crippen LogP contribution in [0.2, 0.25) is 0 Å². The molecule has 0 aliphatic heterocycles. The van der Waals surface area contributed by atoms with Gasteiger partial charge >= 0.3 is 0 Å². The number of unbranched alkanes of at least 4 members (excludes halogenated alkanes) is 2. The zero-order valence-corrected chi connectivity index (χ0v) is 10.5. The van der Waals surface area contributed by atoms with Crippen LogP contribution in [0.15, 0.2) is 30.3 Å². The molecule has 0 radical (unpaired) electrons. The normalized spacial score (nSPS) is 12.1. The number of nitrogens with two attached hydrogens (primary N) is 1. The number of nitrogens with one attached hydrogen (secondary N) is 1. The van der Waals surface area contributed by atoms with Crippen LogP contribution >= 0.6 is 0 Å². The first-order valence-corrected chi connectivity index (χ1v) is 6.31. The Balaban J connectivity index is 2.24. The molecule has 0 spiro atoms. The van der Waals surface area contributed by atoms with Gasteiger partial charge in [0.25, 0.3) is 0 Å². The first kappa shape index (κ1) is 13.7. The Morgan fingerprint density at radius 3 is 2.65 bits per heavy atom. The molecule has 1 atom stereocenters. The highest BCUT2D eigenvalue weighted by atomic mass is 16.2. The van der Waals surface area contributed by atoms with Crippen LogP contribution in [-0.4, -0.2) is 11.9 Å². The predicted octanol–water partition coefficient (Wildman–Crippen LogP) is 2.21. The van der Waals surface area contributed by atoms with E-state index in [-0.39, 0.29) is 11.9 Å². The average Bonchev–Trinajstić information content (AvgIpc) is 2.37. The monoisotopic (exact) mass is 234 g/mol. The molecule has 3 heteroatoms. The summed E-state index contributed by atoms with van der Waals surface area (Å²) in [5, 5.41) is 2.86. The summed E-state index contributed by atoms with van der Waals surface area (Å²) in [5.41, 5.74) is 6.91. The summed E-state index contributed by atoms with van der Waals surface area (Å²) in [6.45, 7) is 2.70. The van der Waals surface area contributed by atoms with Crippen molar-refractivity contribution in [2.24, 2.45) is 5.73 Å². The van der Waals surface area contributed by atoms with Gasteiger partial charge in [-0.1, -0.05) is 56.5 Å². The van der Waals surface area contributed by atoms with E-state index in [1.54, 1.807) is 0 Å². The molecule has 0 saturated heterocycles. The van der Waals surface area contributed by atoms with Crippen molar-refractivity contribution in [1.82, 2.24) is 5.32 Å². The van der Waals surface area contributed by atoms with Crippen LogP contribution in [0, 0.1) is 0 Å². The molecule has 17 heavy (non-hydrogen) atoms. The summed E-state index contributed by atoms with van der Waals surface area (Å²) in [6.07, 6.45) is 4.09. The zero-order chi connectivity index (χ0) is 12.5. The fourth-order valence-corrected chi connectivity index (χ4v) is 1.66. The van der Waals surface area contributed by atoms with Crippen LogP contribution in [0.4, 0.5) is 0 Å². The molecule has 0 saturated carbocycles. The van der Waals surface area contributed by atoms with E-state index in [0.29, 0.717) is 6.54 Å². The fraction of sp³-hybridized carbons (Fsp3) is 0.500. The van der Waals surface area contributed by atoms with Crippen LogP contribution in [0.5, 0.6) is 0 Å². The first-order chi connectivity index (χ1) is 8.24. The van der Waals surface area contributed by atoms with Gasteiger partial charge in [0, 0.05) is 6.54 Å². The van der Waals surface area contributed by atoms with Crippen LogP contribution in [0.25, 0.3) is 0 Å². The van der Waals surface area contributed by atoms with E-state index < -0.39 is 0 Å². The molecule has 1 amide bonds. The predicted molar refractivity (Wildman–Crippen MR) is 70.4 cm³/mol. The van der Waals surface area contributed by atoms with Gasteiger partial charge in [-0.25, -0.2) is 0 Å². The van der Waals surface area contributed by atoms with Crippen molar-refractivity contribution in [2.45, 2.75) is 45.2 Å². The Kier molecular flexibility index (Phi) is 6.33. The molecule has 1 rings (SSSR count). The van der Waals surface area contributed by atoms with Crippen LogP contribution in [-0.2, 0) is 11.3 Å². The van der Waals surface area contributed by atoms with E-state index >= 15 is 0 Å². The van der Waals surface area contributed by atoms with E-state index in [1.807, 2.05) is 30.3 Å². The van der Waals surface area contributed by atoms with Gasteiger partial charge in [0.1, 0.15) is 0 Å². The second-order valence-electron chi connectivity index (χ2n) is 4.31. The SMILES string of the molecule is CCCCC[C@H](N)C(=O)NCc1ccccc1. The molecule has 0 aromatic heterocycles. The highest BCUT2D eigenvalue weighted by Gasteiger charge is 2.11. The minimum Gasteiger partial charge on any atom is -0.351 e. The Bertz CT molecular complexity index is 324. The molecule has 1 aromatic carbocycles. The lowest BCUT2D eigenvalue weighted by Gasteiger charge is -2.11. The highest BCUT2D eigenvalue weighted by molar-refractivity contribution is 5.81. The van der Waals surface area contributed by atoms with Crippen LogP contribution in [0.1, 0.15) is 38.2 Å². The Morgan fingerprint density at radius 1 is 1.29 bits per heavy atom. The Hall–Kier alpha value is -1.35. The molecular weight excluding hydrogens is 212 g/mol. The third kappa shape index (κ3) is 5.50. The minimum absolute atomic E-state index is 0.0510. The molecule has 0 fully saturated rings. The summed E-state index contributed by atoms with van der Waals surface area (Å²) in [5.74, 6) is -0.0510. The fourth-order valence-electron chi connectivity index (χ4n) is 1.66. The van der Waals surface area contributed by atoms with Gasteiger partial charge in [-0.3, -0.25) is 4.79 Å². The number of amides is 1. The number of hydrogen-bond acceptors (Lipinski definition) is 2. The maximum atomic E-state index is 11.7. The minimum atomic E-state index is -0.370. The van der Waals surface area contributed by atoms with Crippen molar-refractivity contribution in [3.05, 3.63) is 35.9 Å². The topological polar surface area (TPSA) is 55.1 Å². The number of benzene rings is 1. The molecule has 0 unspecified atom stereocenters. The van der Waals surface area contributed by atoms with Crippen molar-refractivity contribution >= 4 is 5.91 Å². The standard InChI is InChI=1S/C14H22N2O/c1-2-3-5-10-13(15)14(17)16-11-12-8-6-4-7-9-12/h4,6-9,13H,2-3,5,10-11,15H2,1H3,(H,16,17)/t13-/m0/s1. The lowest BCUT2D eigenvalue weighted by atomic mass is 10.1. The molecule has 94 valence electrons.